The van der Waals surface area contributed by atoms with Gasteiger partial charge in [-0.25, -0.2) is 28.4 Å². The lowest BCUT2D eigenvalue weighted by Gasteiger charge is -2.31. The third-order valence-electron chi connectivity index (χ3n) is 10.8. The van der Waals surface area contributed by atoms with E-state index >= 15 is 4.39 Å². The molecule has 2 atom stereocenters. The lowest BCUT2D eigenvalue weighted by atomic mass is 9.93. The zero-order valence-corrected chi connectivity index (χ0v) is 36.1. The third-order valence-corrected chi connectivity index (χ3v) is 11.1. The molecule has 1 fully saturated rings. The minimum atomic E-state index is -4.98. The van der Waals surface area contributed by atoms with Crippen molar-refractivity contribution in [1.29, 1.82) is 0 Å². The van der Waals surface area contributed by atoms with Gasteiger partial charge in [-0.2, -0.15) is 10.2 Å². The zero-order chi connectivity index (χ0) is 45.7. The molecule has 0 aromatic heterocycles. The normalized spacial score (nSPS) is 17.7. The van der Waals surface area contributed by atoms with Crippen LogP contribution >= 0.6 is 11.6 Å². The van der Waals surface area contributed by atoms with E-state index in [1.54, 1.807) is 44.3 Å². The number of alkyl halides is 3. The van der Waals surface area contributed by atoms with Crippen molar-refractivity contribution in [3.05, 3.63) is 117 Å². The van der Waals surface area contributed by atoms with E-state index in [2.05, 4.69) is 25.4 Å². The molecule has 4 amide bonds. The van der Waals surface area contributed by atoms with Gasteiger partial charge in [0.2, 0.25) is 0 Å². The van der Waals surface area contributed by atoms with E-state index in [-0.39, 0.29) is 59.4 Å². The molecule has 0 radical (unpaired) electrons. The molecule has 0 bridgehead atoms. The van der Waals surface area contributed by atoms with E-state index in [9.17, 15) is 32.3 Å². The molecule has 3 aliphatic rings. The van der Waals surface area contributed by atoms with Gasteiger partial charge in [-0.1, -0.05) is 35.9 Å². The first kappa shape index (κ1) is 46.4. The molecule has 1 unspecified atom stereocenters. The Labute approximate surface area is 366 Å². The summed E-state index contributed by atoms with van der Waals surface area (Å²) in [6.45, 7) is 5.06. The maximum absolute atomic E-state index is 15.6. The molecular formula is C44H47ClF5N7O6. The number of carbonyl (C=O) groups is 2. The molecule has 0 aliphatic carbocycles. The third kappa shape index (κ3) is 10.4. The number of hydrogen-bond acceptors (Lipinski definition) is 9. The Morgan fingerprint density at radius 1 is 0.778 bits per heavy atom. The monoisotopic (exact) mass is 899 g/mol. The summed E-state index contributed by atoms with van der Waals surface area (Å²) in [5.41, 5.74) is 4.04. The maximum Gasteiger partial charge on any atom is 0.573 e. The van der Waals surface area contributed by atoms with Crippen molar-refractivity contribution in [2.24, 2.45) is 10.2 Å². The van der Waals surface area contributed by atoms with E-state index in [1.807, 2.05) is 31.2 Å². The highest BCUT2D eigenvalue weighted by molar-refractivity contribution is 6.30. The Hall–Kier alpha value is -6.14. The summed E-state index contributed by atoms with van der Waals surface area (Å²) in [5.74, 6) is -1.82. The topological polar surface area (TPSA) is 141 Å². The van der Waals surface area contributed by atoms with Gasteiger partial charge in [0.25, 0.3) is 0 Å². The number of anilines is 1. The molecule has 0 saturated carbocycles. The average molecular weight is 900 g/mol. The largest absolute Gasteiger partial charge is 0.573 e. The Bertz CT molecular complexity index is 2380. The van der Waals surface area contributed by atoms with E-state index in [4.69, 9.17) is 26.2 Å². The average Bonchev–Trinajstić information content (AvgIpc) is 3.50. The highest BCUT2D eigenvalue weighted by atomic mass is 35.5. The Kier molecular flexibility index (Phi) is 14.3. The first-order valence-corrected chi connectivity index (χ1v) is 20.3. The second kappa shape index (κ2) is 19.5. The van der Waals surface area contributed by atoms with Crippen molar-refractivity contribution in [2.45, 2.75) is 64.1 Å². The molecule has 4 aromatic carbocycles. The molecule has 13 nitrogen and oxygen atoms in total. The number of urea groups is 2. The maximum atomic E-state index is 15.6. The number of halogens is 6. The molecule has 1 saturated heterocycles. The Morgan fingerprint density at radius 3 is 1.78 bits per heavy atom. The predicted octanol–water partition coefficient (Wildman–Crippen LogP) is 7.86. The smallest absolute Gasteiger partial charge is 0.493 e. The van der Waals surface area contributed by atoms with Crippen LogP contribution in [0.1, 0.15) is 60.1 Å². The number of fused-ring (bicyclic) bond motifs is 2. The molecule has 3 heterocycles. The van der Waals surface area contributed by atoms with E-state index in [0.717, 1.165) is 48.3 Å². The second-order valence-corrected chi connectivity index (χ2v) is 15.4. The minimum Gasteiger partial charge on any atom is -0.493 e. The summed E-state index contributed by atoms with van der Waals surface area (Å²) in [7, 11) is 5.82. The first-order valence-electron chi connectivity index (χ1n) is 20.0. The molecule has 3 aliphatic heterocycles. The minimum absolute atomic E-state index is 0.0313. The summed E-state index contributed by atoms with van der Waals surface area (Å²) >= 11 is 5.91. The van der Waals surface area contributed by atoms with Crippen LogP contribution in [0.25, 0.3) is 0 Å². The summed E-state index contributed by atoms with van der Waals surface area (Å²) in [4.78, 5) is 27.1. The second-order valence-electron chi connectivity index (χ2n) is 15.0. The molecule has 3 N–H and O–H groups in total. The molecule has 63 heavy (non-hydrogen) atoms. The standard InChI is InChI=1S/C25H31FN4O4.C19H16ClF4N3O2/c1-15-13-19-20(14-21(33-3)24(34-4)22(19)26)23(28-30(15)25(32)27-2)16-5-7-17(8-6-16)29-11-9-18(31)10-12-29;1-10-7-14-15(8-13(9-16(14)21)29-19(22,23)24)17(26-27(10)18(28)25-2)11-3-5-12(20)6-4-11/h5-8,14-15,18,31H,9-13H2,1-4H3,(H,27,32);3-6,8-10H,7H2,1-2H3,(H,25,28)/t15-;/m1./s1. The van der Waals surface area contributed by atoms with Crippen LogP contribution < -0.4 is 29.7 Å². The molecule has 336 valence electrons. The predicted molar refractivity (Wildman–Crippen MR) is 228 cm³/mol. The molecule has 7 rings (SSSR count). The van der Waals surface area contributed by atoms with Gasteiger partial charge < -0.3 is 34.9 Å². The number of carbonyl (C=O) groups excluding carboxylic acids is 2. The Morgan fingerprint density at radius 2 is 1.29 bits per heavy atom. The number of hydrogen-bond donors (Lipinski definition) is 3. The summed E-state index contributed by atoms with van der Waals surface area (Å²) in [6.07, 6.45) is -3.45. The molecule has 4 aromatic rings. The van der Waals surface area contributed by atoms with Gasteiger partial charge in [-0.05, 0) is 81.5 Å². The van der Waals surface area contributed by atoms with E-state index in [1.165, 1.54) is 26.3 Å². The number of methoxy groups -OCH3 is 2. The zero-order valence-electron chi connectivity index (χ0n) is 35.3. The fraction of sp³-hybridized carbons (Fsp3) is 0.364. The van der Waals surface area contributed by atoms with E-state index < -0.39 is 35.8 Å². The molecular weight excluding hydrogens is 853 g/mol. The van der Waals surface area contributed by atoms with Gasteiger partial charge in [0, 0.05) is 71.8 Å². The number of nitrogens with one attached hydrogen (secondary N) is 2. The number of ether oxygens (including phenoxy) is 3. The van der Waals surface area contributed by atoms with Crippen LogP contribution in [0.15, 0.2) is 76.9 Å². The van der Waals surface area contributed by atoms with Gasteiger partial charge >= 0.3 is 18.4 Å². The number of benzene rings is 4. The number of amides is 4. The van der Waals surface area contributed by atoms with E-state index in [0.29, 0.717) is 33.5 Å². The van der Waals surface area contributed by atoms with Crippen LogP contribution in [0, 0.1) is 11.6 Å². The number of aliphatic hydroxyl groups excluding tert-OH is 1. The van der Waals surface area contributed by atoms with Crippen LogP contribution in [-0.4, -0.2) is 105 Å². The van der Waals surface area contributed by atoms with Crippen molar-refractivity contribution >= 4 is 40.8 Å². The fourth-order valence-corrected chi connectivity index (χ4v) is 7.74. The quantitative estimate of drug-likeness (QED) is 0.168. The van der Waals surface area contributed by atoms with Gasteiger partial charge in [0.15, 0.2) is 17.3 Å². The number of piperidine rings is 1. The number of hydrazone groups is 2. The van der Waals surface area contributed by atoms with Crippen molar-refractivity contribution in [3.8, 4) is 17.2 Å². The Balaban J connectivity index is 0.000000213. The summed E-state index contributed by atoms with van der Waals surface area (Å²) < 4.78 is 83.0. The molecule has 19 heteroatoms. The van der Waals surface area contributed by atoms with Crippen molar-refractivity contribution in [3.63, 3.8) is 0 Å². The lowest BCUT2D eigenvalue weighted by Crippen LogP contribution is -2.41. The molecule has 0 spiro atoms. The van der Waals surface area contributed by atoms with Crippen LogP contribution in [0.5, 0.6) is 17.2 Å². The van der Waals surface area contributed by atoms with Gasteiger partial charge in [-0.3, -0.25) is 0 Å². The van der Waals surface area contributed by atoms with Crippen LogP contribution in [-0.2, 0) is 12.8 Å². The number of aliphatic hydroxyl groups is 1. The first-order chi connectivity index (χ1) is 30.0. The summed E-state index contributed by atoms with van der Waals surface area (Å²) in [5, 5.41) is 26.8. The van der Waals surface area contributed by atoms with Gasteiger partial charge in [-0.15, -0.1) is 13.2 Å². The number of rotatable bonds is 6. The fourth-order valence-electron chi connectivity index (χ4n) is 7.62. The van der Waals surface area contributed by atoms with Crippen molar-refractivity contribution in [1.82, 2.24) is 20.7 Å². The van der Waals surface area contributed by atoms with Crippen LogP contribution in [0.3, 0.4) is 0 Å². The van der Waals surface area contributed by atoms with Crippen LogP contribution in [0.4, 0.5) is 37.2 Å². The summed E-state index contributed by atoms with van der Waals surface area (Å²) in [6, 6.07) is 15.7. The van der Waals surface area contributed by atoms with Gasteiger partial charge in [0.05, 0.1) is 43.8 Å². The highest BCUT2D eigenvalue weighted by Crippen LogP contribution is 2.39. The van der Waals surface area contributed by atoms with Crippen LogP contribution in [0.2, 0.25) is 5.02 Å². The number of nitrogens with zero attached hydrogens (tertiary/aromatic N) is 5. The highest BCUT2D eigenvalue weighted by Gasteiger charge is 2.35. The van der Waals surface area contributed by atoms with Crippen molar-refractivity contribution in [2.75, 3.05) is 46.3 Å². The lowest BCUT2D eigenvalue weighted by molar-refractivity contribution is -0.274. The van der Waals surface area contributed by atoms with Gasteiger partial charge in [0.1, 0.15) is 11.6 Å². The SMILES string of the molecule is CNC(=O)N1N=C(c2ccc(Cl)cc2)c2cc(OC(F)(F)F)cc(F)c2CC1C.CNC(=O)N1N=C(c2ccc(N3CCC(O)CC3)cc2)c2cc(OC)c(OC)c(F)c2C[C@H]1C. The van der Waals surface area contributed by atoms with Crippen molar-refractivity contribution < 1.29 is 50.9 Å².